The molecule has 16 heavy (non-hydrogen) atoms. The van der Waals surface area contributed by atoms with Crippen LogP contribution >= 0.6 is 11.8 Å². The van der Waals surface area contributed by atoms with Crippen molar-refractivity contribution in [2.75, 3.05) is 12.9 Å². The minimum atomic E-state index is -0.877. The zero-order valence-corrected chi connectivity index (χ0v) is 10.3. The molecule has 0 aromatic rings. The van der Waals surface area contributed by atoms with E-state index >= 15 is 0 Å². The molecule has 6 heteroatoms. The van der Waals surface area contributed by atoms with Gasteiger partial charge < -0.3 is 19.3 Å². The topological polar surface area (TPSA) is 65.0 Å². The molecule has 0 spiro atoms. The van der Waals surface area contributed by atoms with Crippen molar-refractivity contribution < 1.29 is 24.1 Å². The molecule has 0 amide bonds. The number of fused-ring (bicyclic) bond motifs is 1. The van der Waals surface area contributed by atoms with Gasteiger partial charge in [-0.25, -0.2) is 0 Å². The molecule has 0 aromatic heterocycles. The number of hydrogen-bond donors (Lipinski definition) is 1. The lowest BCUT2D eigenvalue weighted by Crippen LogP contribution is -2.50. The minimum Gasteiger partial charge on any atom is -0.468 e. The highest BCUT2D eigenvalue weighted by atomic mass is 32.2. The van der Waals surface area contributed by atoms with Gasteiger partial charge in [0, 0.05) is 5.75 Å². The second-order valence-electron chi connectivity index (χ2n) is 4.41. The van der Waals surface area contributed by atoms with Gasteiger partial charge in [-0.2, -0.15) is 0 Å². The maximum Gasteiger partial charge on any atom is 0.321 e. The Hall–Kier alpha value is -0.300. The van der Waals surface area contributed by atoms with Crippen LogP contribution in [0.2, 0.25) is 0 Å². The number of methoxy groups -OCH3 is 1. The van der Waals surface area contributed by atoms with Crippen LogP contribution in [0.5, 0.6) is 0 Å². The number of aliphatic hydroxyl groups is 1. The van der Waals surface area contributed by atoms with Crippen molar-refractivity contribution in [3.63, 3.8) is 0 Å². The molecule has 4 atom stereocenters. The molecule has 2 aliphatic rings. The lowest BCUT2D eigenvalue weighted by atomic mass is 10.1. The van der Waals surface area contributed by atoms with Gasteiger partial charge in [0.05, 0.1) is 13.2 Å². The summed E-state index contributed by atoms with van der Waals surface area (Å²) in [7, 11) is 1.32. The number of thioether (sulfide) groups is 1. The highest BCUT2D eigenvalue weighted by molar-refractivity contribution is 8.00. The average molecular weight is 248 g/mol. The molecule has 0 bridgehead atoms. The van der Waals surface area contributed by atoms with Crippen LogP contribution in [0, 0.1) is 0 Å². The summed E-state index contributed by atoms with van der Waals surface area (Å²) < 4.78 is 15.9. The van der Waals surface area contributed by atoms with Gasteiger partial charge in [-0.3, -0.25) is 4.79 Å². The summed E-state index contributed by atoms with van der Waals surface area (Å²) in [6, 6.07) is 0. The van der Waals surface area contributed by atoms with Crippen LogP contribution in [0.15, 0.2) is 0 Å². The zero-order valence-electron chi connectivity index (χ0n) is 9.50. The van der Waals surface area contributed by atoms with Gasteiger partial charge in [-0.1, -0.05) is 0 Å². The molecule has 0 saturated carbocycles. The first-order valence-electron chi connectivity index (χ1n) is 5.18. The van der Waals surface area contributed by atoms with Gasteiger partial charge in [0.25, 0.3) is 0 Å². The molecular formula is C10H16O5S. The van der Waals surface area contributed by atoms with Crippen LogP contribution in [-0.4, -0.2) is 53.3 Å². The van der Waals surface area contributed by atoms with Gasteiger partial charge in [-0.15, -0.1) is 11.8 Å². The predicted octanol–water partition coefficient (Wildman–Crippen LogP) is 0.156. The highest BCUT2D eigenvalue weighted by Gasteiger charge is 2.52. The molecule has 2 fully saturated rings. The van der Waals surface area contributed by atoms with E-state index in [2.05, 4.69) is 4.74 Å². The van der Waals surface area contributed by atoms with Gasteiger partial charge in [-0.05, 0) is 13.8 Å². The van der Waals surface area contributed by atoms with E-state index in [1.165, 1.54) is 18.9 Å². The second kappa shape index (κ2) is 4.18. The van der Waals surface area contributed by atoms with Crippen molar-refractivity contribution >= 4 is 17.7 Å². The van der Waals surface area contributed by atoms with E-state index < -0.39 is 29.2 Å². The van der Waals surface area contributed by atoms with E-state index in [1.54, 1.807) is 13.8 Å². The fourth-order valence-corrected chi connectivity index (χ4v) is 3.31. The number of rotatable bonds is 1. The van der Waals surface area contributed by atoms with Crippen molar-refractivity contribution in [3.8, 4) is 0 Å². The lowest BCUT2D eigenvalue weighted by Gasteiger charge is -2.32. The summed E-state index contributed by atoms with van der Waals surface area (Å²) in [6.45, 7) is 3.60. The van der Waals surface area contributed by atoms with Gasteiger partial charge >= 0.3 is 5.97 Å². The van der Waals surface area contributed by atoms with Crippen LogP contribution in [0.4, 0.5) is 0 Å². The molecular weight excluding hydrogens is 232 g/mol. The first-order chi connectivity index (χ1) is 7.44. The number of carbonyl (C=O) groups is 1. The molecule has 5 nitrogen and oxygen atoms in total. The number of esters is 1. The SMILES string of the molecule is COC(=O)[C@H]1SC[C@@H]2OC(C)(C)O[C@H]2[C@@H]1O. The predicted molar refractivity (Wildman–Crippen MR) is 58.1 cm³/mol. The first-order valence-corrected chi connectivity index (χ1v) is 6.22. The molecule has 0 aliphatic carbocycles. The summed E-state index contributed by atoms with van der Waals surface area (Å²) in [5.74, 6) is -0.475. The summed E-state index contributed by atoms with van der Waals surface area (Å²) in [5.41, 5.74) is 0. The van der Waals surface area contributed by atoms with Crippen LogP contribution in [0.1, 0.15) is 13.8 Å². The van der Waals surface area contributed by atoms with Gasteiger partial charge in [0.2, 0.25) is 0 Å². The molecule has 0 aromatic carbocycles. The Kier molecular flexibility index (Phi) is 3.18. The van der Waals surface area contributed by atoms with Crippen molar-refractivity contribution in [1.82, 2.24) is 0 Å². The third-order valence-corrected chi connectivity index (χ3v) is 4.09. The summed E-state index contributed by atoms with van der Waals surface area (Å²) in [4.78, 5) is 11.4. The Morgan fingerprint density at radius 1 is 1.50 bits per heavy atom. The molecule has 2 heterocycles. The number of aliphatic hydroxyl groups excluding tert-OH is 1. The van der Waals surface area contributed by atoms with Crippen LogP contribution in [0.3, 0.4) is 0 Å². The fraction of sp³-hybridized carbons (Fsp3) is 0.900. The molecule has 92 valence electrons. The van der Waals surface area contributed by atoms with Crippen molar-refractivity contribution in [1.29, 1.82) is 0 Å². The average Bonchev–Trinajstić information content (AvgIpc) is 2.53. The van der Waals surface area contributed by atoms with Crippen LogP contribution in [-0.2, 0) is 19.0 Å². The third-order valence-electron chi connectivity index (χ3n) is 2.74. The fourth-order valence-electron chi connectivity index (χ4n) is 2.07. The zero-order chi connectivity index (χ0) is 11.9. The third kappa shape index (κ3) is 2.07. The monoisotopic (exact) mass is 248 g/mol. The summed E-state index contributed by atoms with van der Waals surface area (Å²) in [5, 5.41) is 9.47. The van der Waals surface area contributed by atoms with Gasteiger partial charge in [0.15, 0.2) is 5.79 Å². The minimum absolute atomic E-state index is 0.157. The second-order valence-corrected chi connectivity index (χ2v) is 5.58. The Balaban J connectivity index is 2.10. The molecule has 1 N–H and O–H groups in total. The van der Waals surface area contributed by atoms with E-state index in [9.17, 15) is 9.90 Å². The van der Waals surface area contributed by atoms with Crippen LogP contribution < -0.4 is 0 Å². The largest absolute Gasteiger partial charge is 0.468 e. The number of carbonyl (C=O) groups excluding carboxylic acids is 1. The summed E-state index contributed by atoms with van der Waals surface area (Å²) in [6.07, 6.45) is -1.48. The van der Waals surface area contributed by atoms with E-state index in [4.69, 9.17) is 9.47 Å². The smallest absolute Gasteiger partial charge is 0.321 e. The Labute approximate surface area is 98.4 Å². The van der Waals surface area contributed by atoms with Crippen molar-refractivity contribution in [2.45, 2.75) is 43.2 Å². The lowest BCUT2D eigenvalue weighted by molar-refractivity contribution is -0.158. The standard InChI is InChI=1S/C10H16O5S/c1-10(2)14-5-4-16-8(9(12)13-3)6(11)7(5)15-10/h5-8,11H,4H2,1-3H3/t5-,6-,7+,8-/m0/s1. The molecule has 2 aliphatic heterocycles. The van der Waals surface area contributed by atoms with Crippen molar-refractivity contribution in [2.24, 2.45) is 0 Å². The summed E-state index contributed by atoms with van der Waals surface area (Å²) >= 11 is 1.35. The molecule has 0 radical (unpaired) electrons. The molecule has 2 rings (SSSR count). The number of ether oxygens (including phenoxy) is 3. The maximum absolute atomic E-state index is 11.4. The van der Waals surface area contributed by atoms with Gasteiger partial charge in [0.1, 0.15) is 17.5 Å². The molecule has 2 saturated heterocycles. The van der Waals surface area contributed by atoms with Crippen molar-refractivity contribution in [3.05, 3.63) is 0 Å². The Bertz CT molecular complexity index is 293. The normalized spacial score (nSPS) is 41.5. The van der Waals surface area contributed by atoms with E-state index in [0.717, 1.165) is 0 Å². The van der Waals surface area contributed by atoms with E-state index in [-0.39, 0.29) is 6.10 Å². The quantitative estimate of drug-likeness (QED) is 0.667. The Morgan fingerprint density at radius 3 is 2.81 bits per heavy atom. The van der Waals surface area contributed by atoms with E-state index in [1.807, 2.05) is 0 Å². The van der Waals surface area contributed by atoms with E-state index in [0.29, 0.717) is 5.75 Å². The highest BCUT2D eigenvalue weighted by Crippen LogP contribution is 2.39. The first kappa shape index (κ1) is 12.2. The molecule has 0 unspecified atom stereocenters. The van der Waals surface area contributed by atoms with Crippen LogP contribution in [0.25, 0.3) is 0 Å². The Morgan fingerprint density at radius 2 is 2.19 bits per heavy atom. The maximum atomic E-state index is 11.4. The number of hydrogen-bond acceptors (Lipinski definition) is 6.